The second kappa shape index (κ2) is 6.12. The number of fused-ring (bicyclic) bond motifs is 1. The Labute approximate surface area is 139 Å². The maximum atomic E-state index is 5.27. The van der Waals surface area contributed by atoms with Crippen molar-refractivity contribution in [3.05, 3.63) is 84.2 Å². The van der Waals surface area contributed by atoms with Crippen LogP contribution in [0, 0.1) is 0 Å². The first-order chi connectivity index (χ1) is 11.9. The highest BCUT2D eigenvalue weighted by atomic mass is 16.5. The van der Waals surface area contributed by atoms with Crippen molar-refractivity contribution in [2.75, 3.05) is 7.11 Å². The topological polar surface area (TPSA) is 52.8 Å². The molecule has 0 fully saturated rings. The molecule has 0 aliphatic rings. The van der Waals surface area contributed by atoms with Crippen molar-refractivity contribution in [1.82, 2.24) is 20.0 Å². The SMILES string of the molecule is COc1ccc(C(c2ccccn2)n2nnc3ccccc32)cc1. The number of rotatable bonds is 4. The molecule has 2 heterocycles. The molecule has 0 saturated heterocycles. The van der Waals surface area contributed by atoms with Gasteiger partial charge >= 0.3 is 0 Å². The van der Waals surface area contributed by atoms with E-state index >= 15 is 0 Å². The van der Waals surface area contributed by atoms with E-state index in [1.54, 1.807) is 13.3 Å². The molecule has 118 valence electrons. The molecular weight excluding hydrogens is 300 g/mol. The van der Waals surface area contributed by atoms with E-state index in [9.17, 15) is 0 Å². The lowest BCUT2D eigenvalue weighted by Crippen LogP contribution is -2.15. The summed E-state index contributed by atoms with van der Waals surface area (Å²) in [7, 11) is 1.66. The summed E-state index contributed by atoms with van der Waals surface area (Å²) in [5, 5.41) is 8.67. The molecule has 0 bridgehead atoms. The van der Waals surface area contributed by atoms with Crippen molar-refractivity contribution in [2.45, 2.75) is 6.04 Å². The zero-order valence-electron chi connectivity index (χ0n) is 13.2. The lowest BCUT2D eigenvalue weighted by atomic mass is 10.0. The number of nitrogens with zero attached hydrogens (tertiary/aromatic N) is 4. The quantitative estimate of drug-likeness (QED) is 0.578. The van der Waals surface area contributed by atoms with E-state index in [1.807, 2.05) is 71.4 Å². The van der Waals surface area contributed by atoms with E-state index in [-0.39, 0.29) is 6.04 Å². The van der Waals surface area contributed by atoms with Crippen LogP contribution in [0.1, 0.15) is 17.3 Å². The molecule has 4 rings (SSSR count). The molecule has 0 aliphatic heterocycles. The van der Waals surface area contributed by atoms with E-state index in [1.165, 1.54) is 0 Å². The third-order valence-electron chi connectivity index (χ3n) is 4.02. The molecule has 1 atom stereocenters. The first kappa shape index (κ1) is 14.4. The lowest BCUT2D eigenvalue weighted by molar-refractivity contribution is 0.414. The highest BCUT2D eigenvalue weighted by Crippen LogP contribution is 2.28. The van der Waals surface area contributed by atoms with Gasteiger partial charge in [0.1, 0.15) is 17.3 Å². The summed E-state index contributed by atoms with van der Waals surface area (Å²) in [5.41, 5.74) is 3.83. The molecule has 24 heavy (non-hydrogen) atoms. The summed E-state index contributed by atoms with van der Waals surface area (Å²) >= 11 is 0. The van der Waals surface area contributed by atoms with Gasteiger partial charge in [-0.25, -0.2) is 4.68 Å². The van der Waals surface area contributed by atoms with Crippen molar-refractivity contribution in [2.24, 2.45) is 0 Å². The summed E-state index contributed by atoms with van der Waals surface area (Å²) in [6.45, 7) is 0. The summed E-state index contributed by atoms with van der Waals surface area (Å²) < 4.78 is 7.18. The van der Waals surface area contributed by atoms with E-state index < -0.39 is 0 Å². The number of pyridine rings is 1. The molecule has 0 N–H and O–H groups in total. The van der Waals surface area contributed by atoms with Crippen LogP contribution in [0.25, 0.3) is 11.0 Å². The standard InChI is InChI=1S/C19H16N4O/c1-24-15-11-9-14(10-12-15)19(17-7-4-5-13-20-17)23-18-8-3-2-6-16(18)21-22-23/h2-13,19H,1H3. The van der Waals surface area contributed by atoms with E-state index in [0.717, 1.165) is 28.0 Å². The third-order valence-corrected chi connectivity index (χ3v) is 4.02. The summed E-state index contributed by atoms with van der Waals surface area (Å²) in [5.74, 6) is 0.821. The van der Waals surface area contributed by atoms with Gasteiger partial charge in [0, 0.05) is 6.20 Å². The summed E-state index contributed by atoms with van der Waals surface area (Å²) in [6, 6.07) is 21.7. The first-order valence-corrected chi connectivity index (χ1v) is 7.71. The van der Waals surface area contributed by atoms with Crippen LogP contribution in [0.15, 0.2) is 72.9 Å². The van der Waals surface area contributed by atoms with Gasteiger partial charge < -0.3 is 4.74 Å². The van der Waals surface area contributed by atoms with Gasteiger partial charge in [0.05, 0.1) is 18.3 Å². The van der Waals surface area contributed by atoms with Gasteiger partial charge in [-0.15, -0.1) is 5.10 Å². The lowest BCUT2D eigenvalue weighted by Gasteiger charge is -2.18. The molecule has 1 unspecified atom stereocenters. The van der Waals surface area contributed by atoms with Crippen LogP contribution >= 0.6 is 0 Å². The number of ether oxygens (including phenoxy) is 1. The Morgan fingerprint density at radius 3 is 2.46 bits per heavy atom. The average molecular weight is 316 g/mol. The molecule has 0 spiro atoms. The zero-order chi connectivity index (χ0) is 16.4. The van der Waals surface area contributed by atoms with E-state index in [2.05, 4.69) is 15.3 Å². The molecule has 0 saturated carbocycles. The summed E-state index contributed by atoms with van der Waals surface area (Å²) in [4.78, 5) is 4.54. The largest absolute Gasteiger partial charge is 0.497 e. The third kappa shape index (κ3) is 2.50. The minimum absolute atomic E-state index is 0.149. The predicted octanol–water partition coefficient (Wildman–Crippen LogP) is 3.47. The van der Waals surface area contributed by atoms with E-state index in [0.29, 0.717) is 0 Å². The molecule has 4 aromatic rings. The Morgan fingerprint density at radius 1 is 0.917 bits per heavy atom. The van der Waals surface area contributed by atoms with Crippen LogP contribution in [0.5, 0.6) is 5.75 Å². The average Bonchev–Trinajstić information content (AvgIpc) is 3.07. The maximum absolute atomic E-state index is 5.27. The number of benzene rings is 2. The Kier molecular flexibility index (Phi) is 3.67. The second-order valence-corrected chi connectivity index (χ2v) is 5.45. The van der Waals surface area contributed by atoms with Gasteiger partial charge in [-0.2, -0.15) is 0 Å². The fourth-order valence-electron chi connectivity index (χ4n) is 2.84. The van der Waals surface area contributed by atoms with Crippen LogP contribution in [0.3, 0.4) is 0 Å². The van der Waals surface area contributed by atoms with Gasteiger partial charge in [0.25, 0.3) is 0 Å². The Morgan fingerprint density at radius 2 is 1.71 bits per heavy atom. The van der Waals surface area contributed by atoms with Crippen LogP contribution in [-0.2, 0) is 0 Å². The minimum atomic E-state index is -0.149. The van der Waals surface area contributed by atoms with Crippen LogP contribution in [0.4, 0.5) is 0 Å². The minimum Gasteiger partial charge on any atom is -0.497 e. The molecular formula is C19H16N4O. The molecule has 2 aromatic carbocycles. The van der Waals surface area contributed by atoms with Gasteiger partial charge in [-0.1, -0.05) is 35.5 Å². The van der Waals surface area contributed by atoms with Crippen molar-refractivity contribution >= 4 is 11.0 Å². The number of methoxy groups -OCH3 is 1. The highest BCUT2D eigenvalue weighted by Gasteiger charge is 2.21. The number of hydrogen-bond acceptors (Lipinski definition) is 4. The molecule has 0 amide bonds. The van der Waals surface area contributed by atoms with Gasteiger partial charge in [-0.3, -0.25) is 4.98 Å². The normalized spacial score (nSPS) is 12.2. The first-order valence-electron chi connectivity index (χ1n) is 7.71. The molecule has 5 heteroatoms. The number of aromatic nitrogens is 4. The smallest absolute Gasteiger partial charge is 0.121 e. The molecule has 5 nitrogen and oxygen atoms in total. The zero-order valence-corrected chi connectivity index (χ0v) is 13.2. The molecule has 2 aromatic heterocycles. The number of para-hydroxylation sites is 1. The van der Waals surface area contributed by atoms with Crippen molar-refractivity contribution < 1.29 is 4.74 Å². The van der Waals surface area contributed by atoms with Gasteiger partial charge in [0.2, 0.25) is 0 Å². The highest BCUT2D eigenvalue weighted by molar-refractivity contribution is 5.74. The van der Waals surface area contributed by atoms with Crippen molar-refractivity contribution in [3.8, 4) is 5.75 Å². The van der Waals surface area contributed by atoms with Crippen LogP contribution in [-0.4, -0.2) is 27.1 Å². The second-order valence-electron chi connectivity index (χ2n) is 5.45. The van der Waals surface area contributed by atoms with Crippen molar-refractivity contribution in [1.29, 1.82) is 0 Å². The van der Waals surface area contributed by atoms with Crippen LogP contribution < -0.4 is 4.74 Å². The Hall–Kier alpha value is -3.21. The predicted molar refractivity (Wildman–Crippen MR) is 92.0 cm³/mol. The molecule has 0 radical (unpaired) electrons. The summed E-state index contributed by atoms with van der Waals surface area (Å²) in [6.07, 6.45) is 1.80. The monoisotopic (exact) mass is 316 g/mol. The van der Waals surface area contributed by atoms with E-state index in [4.69, 9.17) is 4.74 Å². The Balaban J connectivity index is 1.90. The number of hydrogen-bond donors (Lipinski definition) is 0. The molecule has 0 aliphatic carbocycles. The fraction of sp³-hybridized carbons (Fsp3) is 0.105. The van der Waals surface area contributed by atoms with Crippen LogP contribution in [0.2, 0.25) is 0 Å². The maximum Gasteiger partial charge on any atom is 0.121 e. The van der Waals surface area contributed by atoms with Gasteiger partial charge in [0.15, 0.2) is 0 Å². The fourth-order valence-corrected chi connectivity index (χ4v) is 2.84. The van der Waals surface area contributed by atoms with Crippen molar-refractivity contribution in [3.63, 3.8) is 0 Å². The Bertz CT molecular complexity index is 948. The van der Waals surface area contributed by atoms with Gasteiger partial charge in [-0.05, 0) is 42.0 Å².